The molecule has 2 aliphatic heterocycles. The summed E-state index contributed by atoms with van der Waals surface area (Å²) in [5.74, 6) is 0.469. The maximum Gasteiger partial charge on any atom is 0.260 e. The Balaban J connectivity index is 1.69. The van der Waals surface area contributed by atoms with Gasteiger partial charge in [0, 0.05) is 18.1 Å². The zero-order valence-corrected chi connectivity index (χ0v) is 11.4. The molecular formula is C12H17N3O3S. The number of amides is 1. The summed E-state index contributed by atoms with van der Waals surface area (Å²) in [6, 6.07) is -0.588. The van der Waals surface area contributed by atoms with Crippen molar-refractivity contribution in [1.82, 2.24) is 9.73 Å². The summed E-state index contributed by atoms with van der Waals surface area (Å²) in [6.45, 7) is 0. The third-order valence-corrected chi connectivity index (χ3v) is 7.21. The van der Waals surface area contributed by atoms with Crippen LogP contribution in [0.1, 0.15) is 32.1 Å². The molecule has 1 N–H and O–H groups in total. The maximum absolute atomic E-state index is 12.5. The van der Waals surface area contributed by atoms with Crippen LogP contribution in [0.3, 0.4) is 0 Å². The van der Waals surface area contributed by atoms with Gasteiger partial charge in [0.25, 0.3) is 5.91 Å². The fourth-order valence-electron chi connectivity index (χ4n) is 4.49. The average molecular weight is 283 g/mol. The van der Waals surface area contributed by atoms with E-state index in [2.05, 4.69) is 10.5 Å². The minimum absolute atomic E-state index is 0.0915. The molecule has 0 aromatic heterocycles. The van der Waals surface area contributed by atoms with Crippen LogP contribution >= 0.6 is 0 Å². The van der Waals surface area contributed by atoms with E-state index in [4.69, 9.17) is 0 Å². The third kappa shape index (κ3) is 1.45. The average Bonchev–Trinajstić information content (AvgIpc) is 3.04. The van der Waals surface area contributed by atoms with Crippen molar-refractivity contribution in [1.29, 1.82) is 0 Å². The van der Waals surface area contributed by atoms with Crippen LogP contribution in [-0.4, -0.2) is 42.7 Å². The van der Waals surface area contributed by atoms with Gasteiger partial charge in [-0.3, -0.25) is 10.2 Å². The van der Waals surface area contributed by atoms with Crippen molar-refractivity contribution in [3.63, 3.8) is 0 Å². The second-order valence-corrected chi connectivity index (χ2v) is 8.19. The van der Waals surface area contributed by atoms with Gasteiger partial charge in [0.05, 0.1) is 11.8 Å². The third-order valence-electron chi connectivity index (χ3n) is 5.24. The van der Waals surface area contributed by atoms with Gasteiger partial charge in [-0.1, -0.05) is 0 Å². The molecule has 1 spiro atoms. The van der Waals surface area contributed by atoms with Crippen molar-refractivity contribution in [2.24, 2.45) is 16.4 Å². The summed E-state index contributed by atoms with van der Waals surface area (Å²) in [5, 5.41) is 3.82. The van der Waals surface area contributed by atoms with Crippen molar-refractivity contribution >= 4 is 22.1 Å². The Morgan fingerprint density at radius 1 is 1.47 bits per heavy atom. The highest BCUT2D eigenvalue weighted by Crippen LogP contribution is 2.60. The number of hydrogen-bond donors (Lipinski definition) is 1. The molecule has 4 atom stereocenters. The predicted octanol–water partition coefficient (Wildman–Crippen LogP) is 0.0649. The summed E-state index contributed by atoms with van der Waals surface area (Å²) >= 11 is 0. The molecule has 4 aliphatic rings. The van der Waals surface area contributed by atoms with Gasteiger partial charge in [-0.05, 0) is 31.6 Å². The molecule has 0 aromatic rings. The van der Waals surface area contributed by atoms with Gasteiger partial charge in [-0.25, -0.2) is 12.7 Å². The Hall–Kier alpha value is -1.11. The van der Waals surface area contributed by atoms with E-state index in [0.717, 1.165) is 25.7 Å². The zero-order valence-electron chi connectivity index (χ0n) is 10.6. The highest BCUT2D eigenvalue weighted by molar-refractivity contribution is 7.90. The van der Waals surface area contributed by atoms with E-state index in [9.17, 15) is 13.2 Å². The fraction of sp³-hybridized carbons (Fsp3) is 0.833. The first-order valence-corrected chi connectivity index (χ1v) is 8.46. The summed E-state index contributed by atoms with van der Waals surface area (Å²) in [4.78, 5) is 12.5. The van der Waals surface area contributed by atoms with Gasteiger partial charge in [0.2, 0.25) is 10.0 Å². The smallest absolute Gasteiger partial charge is 0.260 e. The van der Waals surface area contributed by atoms with Gasteiger partial charge in [-0.15, -0.1) is 0 Å². The minimum Gasteiger partial charge on any atom is -0.297 e. The van der Waals surface area contributed by atoms with Crippen molar-refractivity contribution < 1.29 is 13.2 Å². The van der Waals surface area contributed by atoms with Gasteiger partial charge in [0.1, 0.15) is 6.04 Å². The number of carbonyl (C=O) groups excluding carboxylic acids is 1. The first-order valence-electron chi connectivity index (χ1n) is 6.85. The maximum atomic E-state index is 12.5. The lowest BCUT2D eigenvalue weighted by Crippen LogP contribution is -2.49. The van der Waals surface area contributed by atoms with Crippen LogP contribution in [-0.2, 0) is 14.8 Å². The van der Waals surface area contributed by atoms with Gasteiger partial charge in [0.15, 0.2) is 0 Å². The van der Waals surface area contributed by atoms with E-state index in [-0.39, 0.29) is 23.1 Å². The molecule has 2 saturated carbocycles. The van der Waals surface area contributed by atoms with Crippen LogP contribution in [0.25, 0.3) is 0 Å². The van der Waals surface area contributed by atoms with Crippen molar-refractivity contribution in [2.75, 3.05) is 5.75 Å². The summed E-state index contributed by atoms with van der Waals surface area (Å²) in [7, 11) is -3.44. The Kier molecular flexibility index (Phi) is 2.16. The predicted molar refractivity (Wildman–Crippen MR) is 68.8 cm³/mol. The highest BCUT2D eigenvalue weighted by Gasteiger charge is 2.64. The molecule has 19 heavy (non-hydrogen) atoms. The van der Waals surface area contributed by atoms with Crippen LogP contribution in [0, 0.1) is 11.3 Å². The molecule has 0 aromatic carbocycles. The number of nitrogens with one attached hydrogen (secondary N) is 1. The molecule has 2 bridgehead atoms. The molecule has 104 valence electrons. The molecule has 1 saturated heterocycles. The molecule has 4 rings (SSSR count). The lowest BCUT2D eigenvalue weighted by molar-refractivity contribution is -0.130. The molecule has 1 amide bonds. The summed E-state index contributed by atoms with van der Waals surface area (Å²) < 4.78 is 26.0. The van der Waals surface area contributed by atoms with Gasteiger partial charge in [-0.2, -0.15) is 5.10 Å². The zero-order chi connectivity index (χ0) is 13.3. The van der Waals surface area contributed by atoms with E-state index in [1.807, 2.05) is 0 Å². The molecule has 7 heteroatoms. The second kappa shape index (κ2) is 3.50. The topological polar surface area (TPSA) is 78.8 Å². The molecule has 6 nitrogen and oxygen atoms in total. The first-order chi connectivity index (χ1) is 9.02. The molecular weight excluding hydrogens is 266 g/mol. The largest absolute Gasteiger partial charge is 0.297 e. The number of fused-ring (bicyclic) bond motifs is 1. The Morgan fingerprint density at radius 2 is 2.32 bits per heavy atom. The Labute approximate surface area is 112 Å². The highest BCUT2D eigenvalue weighted by atomic mass is 32.2. The lowest BCUT2D eigenvalue weighted by atomic mass is 9.81. The van der Waals surface area contributed by atoms with Gasteiger partial charge >= 0.3 is 0 Å². The molecule has 3 unspecified atom stereocenters. The Morgan fingerprint density at radius 3 is 3.00 bits per heavy atom. The number of hydrogen-bond acceptors (Lipinski definition) is 5. The number of rotatable bonds is 1. The lowest BCUT2D eigenvalue weighted by Gasteiger charge is -2.31. The number of nitrogens with zero attached hydrogens (tertiary/aromatic N) is 2. The van der Waals surface area contributed by atoms with E-state index in [0.29, 0.717) is 12.3 Å². The van der Waals surface area contributed by atoms with Gasteiger partial charge < -0.3 is 0 Å². The molecule has 0 radical (unpaired) electrons. The molecule has 3 fully saturated rings. The van der Waals surface area contributed by atoms with E-state index >= 15 is 0 Å². The summed E-state index contributed by atoms with van der Waals surface area (Å²) in [5.41, 5.74) is 2.57. The Bertz CT molecular complexity index is 565. The number of hydrazone groups is 1. The number of carbonyl (C=O) groups is 1. The summed E-state index contributed by atoms with van der Waals surface area (Å²) in [6.07, 6.45) is 6.03. The SMILES string of the molecule is O=C([C@@H]1CC=NN1)N1C2CC3CCC2(C3)CS1(=O)=O. The van der Waals surface area contributed by atoms with Crippen LogP contribution in [0.5, 0.6) is 0 Å². The minimum atomic E-state index is -3.44. The van der Waals surface area contributed by atoms with Crippen molar-refractivity contribution in [2.45, 2.75) is 44.2 Å². The van der Waals surface area contributed by atoms with Crippen molar-refractivity contribution in [3.8, 4) is 0 Å². The van der Waals surface area contributed by atoms with Crippen LogP contribution in [0.2, 0.25) is 0 Å². The second-order valence-electron chi connectivity index (χ2n) is 6.34. The van der Waals surface area contributed by atoms with E-state index in [1.54, 1.807) is 6.21 Å². The monoisotopic (exact) mass is 283 g/mol. The van der Waals surface area contributed by atoms with Crippen molar-refractivity contribution in [3.05, 3.63) is 0 Å². The van der Waals surface area contributed by atoms with Crippen LogP contribution in [0.15, 0.2) is 5.10 Å². The number of sulfonamides is 1. The quantitative estimate of drug-likeness (QED) is 0.738. The van der Waals surface area contributed by atoms with Crippen LogP contribution in [0.4, 0.5) is 0 Å². The standard InChI is InChI=1S/C12H17N3O3S/c16-11(9-2-4-13-14-9)15-10-5-8-1-3-12(10,6-8)7-19(15,17)18/h4,8-10,14H,1-3,5-7H2/t8?,9-,10?,12?/m0/s1. The van der Waals surface area contributed by atoms with Crippen LogP contribution < -0.4 is 5.43 Å². The molecule has 2 heterocycles. The molecule has 2 aliphatic carbocycles. The normalized spacial score (nSPS) is 45.5. The fourth-order valence-corrected chi connectivity index (χ4v) is 6.91. The first kappa shape index (κ1) is 11.7. The van der Waals surface area contributed by atoms with E-state index in [1.165, 1.54) is 4.31 Å². The van der Waals surface area contributed by atoms with E-state index < -0.39 is 16.1 Å².